The first-order valence-corrected chi connectivity index (χ1v) is 16.4. The Bertz CT molecular complexity index is 838. The van der Waals surface area contributed by atoms with Gasteiger partial charge in [0.1, 0.15) is 0 Å². The van der Waals surface area contributed by atoms with Crippen molar-refractivity contribution in [3.63, 3.8) is 0 Å². The summed E-state index contributed by atoms with van der Waals surface area (Å²) >= 11 is 0. The Morgan fingerprint density at radius 3 is 1.33 bits per heavy atom. The minimum Gasteiger partial charge on any atom is -0.377 e. The van der Waals surface area contributed by atoms with Crippen LogP contribution in [0.3, 0.4) is 0 Å². The predicted molar refractivity (Wildman–Crippen MR) is 156 cm³/mol. The van der Waals surface area contributed by atoms with Crippen LogP contribution in [0.25, 0.3) is 0 Å². The molecule has 1 aliphatic rings. The number of benzene rings is 1. The minimum atomic E-state index is -3.75. The van der Waals surface area contributed by atoms with Crippen molar-refractivity contribution in [3.8, 4) is 0 Å². The second-order valence-electron chi connectivity index (χ2n) is 9.16. The molecule has 1 aliphatic heterocycles. The lowest BCUT2D eigenvalue weighted by molar-refractivity contribution is -0.169. The normalized spacial score (nSPS) is 15.7. The number of rotatable bonds is 30. The van der Waals surface area contributed by atoms with Gasteiger partial charge in [0.2, 0.25) is 0 Å². The maximum absolute atomic E-state index is 12.0. The van der Waals surface area contributed by atoms with E-state index in [-0.39, 0.29) is 24.4 Å². The van der Waals surface area contributed by atoms with Crippen molar-refractivity contribution in [1.82, 2.24) is 0 Å². The molecule has 0 N–H and O–H groups in total. The highest BCUT2D eigenvalue weighted by Crippen LogP contribution is 2.13. The molecule has 13 nitrogen and oxygen atoms in total. The van der Waals surface area contributed by atoms with E-state index in [1.807, 2.05) is 0 Å². The Labute approximate surface area is 256 Å². The van der Waals surface area contributed by atoms with E-state index in [2.05, 4.69) is 0 Å². The van der Waals surface area contributed by atoms with Crippen LogP contribution in [0.2, 0.25) is 0 Å². The van der Waals surface area contributed by atoms with E-state index in [1.165, 1.54) is 12.1 Å². The van der Waals surface area contributed by atoms with Gasteiger partial charge in [-0.3, -0.25) is 4.18 Å². The van der Waals surface area contributed by atoms with Crippen LogP contribution in [0.5, 0.6) is 0 Å². The van der Waals surface area contributed by atoms with Crippen molar-refractivity contribution in [2.24, 2.45) is 0 Å². The molecule has 1 unspecified atom stereocenters. The predicted octanol–water partition coefficient (Wildman–Crippen LogP) is 2.07. The fraction of sp³-hybridized carbons (Fsp3) is 0.793. The first-order valence-electron chi connectivity index (χ1n) is 15.0. The van der Waals surface area contributed by atoms with Crippen LogP contribution >= 0.6 is 0 Å². The molecule has 2 rings (SSSR count). The van der Waals surface area contributed by atoms with E-state index >= 15 is 0 Å². The molecule has 0 radical (unpaired) electrons. The Balaban J connectivity index is 1.18. The zero-order valence-corrected chi connectivity index (χ0v) is 26.1. The first kappa shape index (κ1) is 37.9. The van der Waals surface area contributed by atoms with Crippen LogP contribution in [0.4, 0.5) is 0 Å². The minimum absolute atomic E-state index is 0.0554. The zero-order chi connectivity index (χ0) is 30.5. The molecule has 0 saturated carbocycles. The molecule has 0 amide bonds. The zero-order valence-electron chi connectivity index (χ0n) is 25.2. The van der Waals surface area contributed by atoms with Crippen LogP contribution in [-0.4, -0.2) is 140 Å². The van der Waals surface area contributed by atoms with Gasteiger partial charge >= 0.3 is 0 Å². The molecule has 0 spiro atoms. The molecule has 14 heteroatoms. The second-order valence-corrected chi connectivity index (χ2v) is 10.8. The number of hydrogen-bond donors (Lipinski definition) is 0. The molecular formula is C29H50O13S. The largest absolute Gasteiger partial charge is 0.377 e. The summed E-state index contributed by atoms with van der Waals surface area (Å²) in [7, 11) is -3.75. The van der Waals surface area contributed by atoms with Crippen molar-refractivity contribution in [2.45, 2.75) is 30.4 Å². The average molecular weight is 639 g/mol. The molecule has 1 aromatic rings. The van der Waals surface area contributed by atoms with Crippen LogP contribution in [0.1, 0.15) is 19.3 Å². The van der Waals surface area contributed by atoms with E-state index in [1.54, 1.807) is 18.2 Å². The molecule has 1 fully saturated rings. The van der Waals surface area contributed by atoms with Gasteiger partial charge in [0.05, 0.1) is 124 Å². The summed E-state index contributed by atoms with van der Waals surface area (Å²) < 4.78 is 83.4. The molecule has 250 valence electrons. The van der Waals surface area contributed by atoms with Crippen molar-refractivity contribution in [2.75, 3.05) is 126 Å². The Kier molecular flexibility index (Phi) is 23.9. The first-order chi connectivity index (χ1) is 21.2. The molecule has 1 saturated heterocycles. The lowest BCUT2D eigenvalue weighted by Crippen LogP contribution is -2.24. The number of hydrogen-bond acceptors (Lipinski definition) is 13. The fourth-order valence-corrected chi connectivity index (χ4v) is 4.49. The Morgan fingerprint density at radius 1 is 0.535 bits per heavy atom. The molecule has 0 aromatic heterocycles. The molecule has 43 heavy (non-hydrogen) atoms. The van der Waals surface area contributed by atoms with Crippen molar-refractivity contribution in [1.29, 1.82) is 0 Å². The van der Waals surface area contributed by atoms with Gasteiger partial charge in [-0.15, -0.1) is 0 Å². The summed E-state index contributed by atoms with van der Waals surface area (Å²) in [6.45, 7) is 8.49. The Hall–Kier alpha value is -1.27. The highest BCUT2D eigenvalue weighted by atomic mass is 32.2. The molecule has 0 aliphatic carbocycles. The van der Waals surface area contributed by atoms with Gasteiger partial charge in [-0.2, -0.15) is 8.42 Å². The van der Waals surface area contributed by atoms with E-state index in [0.29, 0.717) is 106 Å². The van der Waals surface area contributed by atoms with E-state index in [0.717, 1.165) is 25.9 Å². The summed E-state index contributed by atoms with van der Waals surface area (Å²) in [4.78, 5) is 0.123. The quantitative estimate of drug-likeness (QED) is 0.0899. The standard InChI is InChI=1S/C29H50O13S/c30-43(31,28-6-2-1-3-7-28)42-27-25-39-23-21-37-19-17-35-15-13-33-11-10-32-12-14-34-16-18-36-20-22-38-24-26-41-29-8-4-5-9-40-29/h1-3,6-7,29H,4-5,8-27H2. The maximum atomic E-state index is 12.0. The van der Waals surface area contributed by atoms with E-state index in [9.17, 15) is 8.42 Å². The molecule has 1 heterocycles. The van der Waals surface area contributed by atoms with Gasteiger partial charge in [-0.1, -0.05) is 18.2 Å². The summed E-state index contributed by atoms with van der Waals surface area (Å²) in [5.74, 6) is 0. The van der Waals surface area contributed by atoms with Gasteiger partial charge < -0.3 is 47.4 Å². The SMILES string of the molecule is O=S(=O)(OCCOCCOCCOCCOCCOCCOCCOCCOCCOC1CCCCO1)c1ccccc1. The average Bonchev–Trinajstić information content (AvgIpc) is 3.03. The third-order valence-corrected chi connectivity index (χ3v) is 7.10. The lowest BCUT2D eigenvalue weighted by atomic mass is 10.2. The highest BCUT2D eigenvalue weighted by Gasteiger charge is 2.14. The van der Waals surface area contributed by atoms with Crippen molar-refractivity contribution < 1.29 is 60.0 Å². The van der Waals surface area contributed by atoms with Crippen molar-refractivity contribution in [3.05, 3.63) is 30.3 Å². The van der Waals surface area contributed by atoms with Gasteiger partial charge in [-0.05, 0) is 31.4 Å². The summed E-state index contributed by atoms with van der Waals surface area (Å²) in [5.41, 5.74) is 0. The molecular weight excluding hydrogens is 588 g/mol. The van der Waals surface area contributed by atoms with Crippen molar-refractivity contribution >= 4 is 10.1 Å². The third kappa shape index (κ3) is 22.0. The summed E-state index contributed by atoms with van der Waals surface area (Å²) in [6, 6.07) is 7.98. The second kappa shape index (κ2) is 27.1. The monoisotopic (exact) mass is 638 g/mol. The molecule has 1 atom stereocenters. The number of ether oxygens (including phenoxy) is 10. The van der Waals surface area contributed by atoms with Crippen LogP contribution in [0.15, 0.2) is 35.2 Å². The molecule has 0 bridgehead atoms. The van der Waals surface area contributed by atoms with Gasteiger partial charge in [0.15, 0.2) is 6.29 Å². The van der Waals surface area contributed by atoms with E-state index in [4.69, 9.17) is 51.6 Å². The topological polar surface area (TPSA) is 136 Å². The molecule has 1 aromatic carbocycles. The summed E-state index contributed by atoms with van der Waals surface area (Å²) in [6.07, 6.45) is 3.16. The lowest BCUT2D eigenvalue weighted by Gasteiger charge is -2.22. The van der Waals surface area contributed by atoms with Crippen LogP contribution in [-0.2, 0) is 61.7 Å². The van der Waals surface area contributed by atoms with Gasteiger partial charge in [0, 0.05) is 6.61 Å². The van der Waals surface area contributed by atoms with E-state index < -0.39 is 10.1 Å². The third-order valence-electron chi connectivity index (χ3n) is 5.77. The highest BCUT2D eigenvalue weighted by molar-refractivity contribution is 7.86. The smallest absolute Gasteiger partial charge is 0.297 e. The maximum Gasteiger partial charge on any atom is 0.297 e. The van der Waals surface area contributed by atoms with Crippen LogP contribution < -0.4 is 0 Å². The van der Waals surface area contributed by atoms with Crippen LogP contribution in [0, 0.1) is 0 Å². The van der Waals surface area contributed by atoms with Gasteiger partial charge in [-0.25, -0.2) is 0 Å². The Morgan fingerprint density at radius 2 is 0.930 bits per heavy atom. The van der Waals surface area contributed by atoms with Gasteiger partial charge in [0.25, 0.3) is 10.1 Å². The fourth-order valence-electron chi connectivity index (χ4n) is 3.58. The summed E-state index contributed by atoms with van der Waals surface area (Å²) in [5, 5.41) is 0.